The van der Waals surface area contributed by atoms with Crippen LogP contribution in [0.4, 0.5) is 14.5 Å². The summed E-state index contributed by atoms with van der Waals surface area (Å²) in [6, 6.07) is 1.08. The second-order valence-corrected chi connectivity index (χ2v) is 6.03. The van der Waals surface area contributed by atoms with Crippen molar-refractivity contribution < 1.29 is 22.0 Å². The maximum atomic E-state index is 13.6. The molecule has 1 aromatic carbocycles. The van der Waals surface area contributed by atoms with E-state index in [9.17, 15) is 22.0 Å². The number of carbonyl (C=O) groups excluding carboxylic acids is 1. The predicted molar refractivity (Wildman–Crippen MR) is 69.3 cm³/mol. The highest BCUT2D eigenvalue weighted by Crippen LogP contribution is 2.23. The standard InChI is InChI=1S/C11H15F2N3O3S/c1-3-15-11(17)6-16(2)20(18,19)10-5-9(14)7(12)4-8(10)13/h4-5H,3,6,14H2,1-2H3,(H,15,17). The molecule has 0 radical (unpaired) electrons. The lowest BCUT2D eigenvalue weighted by atomic mass is 10.3. The number of hydrogen-bond acceptors (Lipinski definition) is 4. The molecule has 1 rings (SSSR count). The van der Waals surface area contributed by atoms with E-state index in [1.807, 2.05) is 0 Å². The summed E-state index contributed by atoms with van der Waals surface area (Å²) in [4.78, 5) is 10.6. The number of benzene rings is 1. The third-order valence-corrected chi connectivity index (χ3v) is 4.30. The van der Waals surface area contributed by atoms with Gasteiger partial charge in [0.25, 0.3) is 0 Å². The molecule has 0 aromatic heterocycles. The van der Waals surface area contributed by atoms with Gasteiger partial charge in [-0.3, -0.25) is 4.79 Å². The van der Waals surface area contributed by atoms with Gasteiger partial charge in [-0.25, -0.2) is 17.2 Å². The van der Waals surface area contributed by atoms with Crippen molar-refractivity contribution in [3.05, 3.63) is 23.8 Å². The third-order valence-electron chi connectivity index (χ3n) is 2.48. The van der Waals surface area contributed by atoms with Crippen LogP contribution in [0, 0.1) is 11.6 Å². The first kappa shape index (κ1) is 16.3. The van der Waals surface area contributed by atoms with Crippen LogP contribution in [-0.2, 0) is 14.8 Å². The summed E-state index contributed by atoms with van der Waals surface area (Å²) in [7, 11) is -3.16. The van der Waals surface area contributed by atoms with Gasteiger partial charge in [0.15, 0.2) is 0 Å². The van der Waals surface area contributed by atoms with Crippen LogP contribution in [0.15, 0.2) is 17.0 Å². The Kier molecular flexibility index (Phi) is 5.01. The molecular formula is C11H15F2N3O3S. The van der Waals surface area contributed by atoms with Gasteiger partial charge in [0, 0.05) is 19.7 Å². The average Bonchev–Trinajstić information content (AvgIpc) is 2.33. The Bertz CT molecular complexity index is 620. The molecule has 1 aromatic rings. The number of halogens is 2. The lowest BCUT2D eigenvalue weighted by Gasteiger charge is -2.17. The van der Waals surface area contributed by atoms with E-state index in [-0.39, 0.29) is 0 Å². The Balaban J connectivity index is 3.11. The van der Waals surface area contributed by atoms with Gasteiger partial charge in [-0.15, -0.1) is 0 Å². The number of hydrogen-bond donors (Lipinski definition) is 2. The minimum atomic E-state index is -4.27. The van der Waals surface area contributed by atoms with Crippen molar-refractivity contribution in [1.82, 2.24) is 9.62 Å². The molecule has 6 nitrogen and oxygen atoms in total. The molecule has 9 heteroatoms. The largest absolute Gasteiger partial charge is 0.396 e. The molecule has 20 heavy (non-hydrogen) atoms. The normalized spacial score (nSPS) is 11.7. The molecule has 1 amide bonds. The summed E-state index contributed by atoms with van der Waals surface area (Å²) in [5.41, 5.74) is 4.74. The van der Waals surface area contributed by atoms with E-state index in [4.69, 9.17) is 5.73 Å². The number of carbonyl (C=O) groups is 1. The highest BCUT2D eigenvalue weighted by Gasteiger charge is 2.27. The summed E-state index contributed by atoms with van der Waals surface area (Å²) in [5.74, 6) is -2.85. The van der Waals surface area contributed by atoms with E-state index in [0.29, 0.717) is 23.0 Å². The van der Waals surface area contributed by atoms with Crippen LogP contribution in [0.25, 0.3) is 0 Å². The summed E-state index contributed by atoms with van der Waals surface area (Å²) < 4.78 is 51.4. The zero-order chi connectivity index (χ0) is 15.5. The zero-order valence-corrected chi connectivity index (χ0v) is 11.8. The number of sulfonamides is 1. The Morgan fingerprint density at radius 3 is 2.50 bits per heavy atom. The van der Waals surface area contributed by atoms with Crippen LogP contribution in [0.5, 0.6) is 0 Å². The molecular weight excluding hydrogens is 292 g/mol. The average molecular weight is 307 g/mol. The number of rotatable bonds is 5. The van der Waals surface area contributed by atoms with Crippen LogP contribution < -0.4 is 11.1 Å². The Morgan fingerprint density at radius 1 is 1.35 bits per heavy atom. The monoisotopic (exact) mass is 307 g/mol. The number of likely N-dealkylation sites (N-methyl/N-ethyl adjacent to an activating group) is 2. The number of nitrogens with zero attached hydrogens (tertiary/aromatic N) is 1. The summed E-state index contributed by atoms with van der Waals surface area (Å²) in [6.45, 7) is 1.53. The Hall–Kier alpha value is -1.74. The highest BCUT2D eigenvalue weighted by atomic mass is 32.2. The number of amides is 1. The number of nitrogen functional groups attached to an aromatic ring is 1. The molecule has 0 saturated carbocycles. The minimum absolute atomic E-state index is 0.338. The second kappa shape index (κ2) is 6.14. The summed E-state index contributed by atoms with van der Waals surface area (Å²) >= 11 is 0. The van der Waals surface area contributed by atoms with Gasteiger partial charge < -0.3 is 11.1 Å². The van der Waals surface area contributed by atoms with Crippen molar-refractivity contribution >= 4 is 21.6 Å². The van der Waals surface area contributed by atoms with E-state index in [0.717, 1.165) is 7.05 Å². The molecule has 0 fully saturated rings. The van der Waals surface area contributed by atoms with E-state index in [1.165, 1.54) is 0 Å². The molecule has 0 saturated heterocycles. The molecule has 0 aliphatic carbocycles. The topological polar surface area (TPSA) is 92.5 Å². The minimum Gasteiger partial charge on any atom is -0.396 e. The lowest BCUT2D eigenvalue weighted by Crippen LogP contribution is -2.38. The van der Waals surface area contributed by atoms with E-state index >= 15 is 0 Å². The molecule has 112 valence electrons. The summed E-state index contributed by atoms with van der Waals surface area (Å²) in [5, 5.41) is 2.41. The van der Waals surface area contributed by atoms with Crippen LogP contribution in [0.1, 0.15) is 6.92 Å². The predicted octanol–water partition coefficient (Wildman–Crippen LogP) is 0.304. The number of anilines is 1. The zero-order valence-electron chi connectivity index (χ0n) is 11.0. The molecule has 0 aliphatic rings. The van der Waals surface area contributed by atoms with Gasteiger partial charge in [0.1, 0.15) is 16.5 Å². The van der Waals surface area contributed by atoms with Crippen molar-refractivity contribution in [2.75, 3.05) is 25.9 Å². The quantitative estimate of drug-likeness (QED) is 0.765. The first-order valence-corrected chi connectivity index (χ1v) is 7.11. The van der Waals surface area contributed by atoms with Crippen molar-refractivity contribution in [2.24, 2.45) is 0 Å². The maximum Gasteiger partial charge on any atom is 0.246 e. The first-order chi connectivity index (χ1) is 9.20. The number of nitrogens with two attached hydrogens (primary N) is 1. The molecule has 0 bridgehead atoms. The van der Waals surface area contributed by atoms with Crippen molar-refractivity contribution in [3.63, 3.8) is 0 Å². The fourth-order valence-corrected chi connectivity index (χ4v) is 2.65. The van der Waals surface area contributed by atoms with Gasteiger partial charge in [0.05, 0.1) is 12.2 Å². The first-order valence-electron chi connectivity index (χ1n) is 5.67. The lowest BCUT2D eigenvalue weighted by molar-refractivity contribution is -0.121. The van der Waals surface area contributed by atoms with E-state index < -0.39 is 44.7 Å². The second-order valence-electron chi connectivity index (χ2n) is 4.02. The third kappa shape index (κ3) is 3.42. The smallest absolute Gasteiger partial charge is 0.246 e. The van der Waals surface area contributed by atoms with Crippen LogP contribution in [0.3, 0.4) is 0 Å². The maximum absolute atomic E-state index is 13.6. The van der Waals surface area contributed by atoms with Gasteiger partial charge in [-0.2, -0.15) is 4.31 Å². The Labute approximate surface area is 115 Å². The molecule has 0 atom stereocenters. The van der Waals surface area contributed by atoms with Crippen LogP contribution in [0.2, 0.25) is 0 Å². The van der Waals surface area contributed by atoms with Crippen molar-refractivity contribution in [1.29, 1.82) is 0 Å². The van der Waals surface area contributed by atoms with E-state index in [2.05, 4.69) is 5.32 Å². The Morgan fingerprint density at radius 2 is 1.95 bits per heavy atom. The van der Waals surface area contributed by atoms with Gasteiger partial charge in [-0.05, 0) is 13.0 Å². The van der Waals surface area contributed by atoms with Crippen molar-refractivity contribution in [3.8, 4) is 0 Å². The fourth-order valence-electron chi connectivity index (χ4n) is 1.45. The van der Waals surface area contributed by atoms with Gasteiger partial charge in [-0.1, -0.05) is 0 Å². The highest BCUT2D eigenvalue weighted by molar-refractivity contribution is 7.89. The van der Waals surface area contributed by atoms with Gasteiger partial charge >= 0.3 is 0 Å². The van der Waals surface area contributed by atoms with Crippen molar-refractivity contribution in [2.45, 2.75) is 11.8 Å². The SMILES string of the molecule is CCNC(=O)CN(C)S(=O)(=O)c1cc(N)c(F)cc1F. The van der Waals surface area contributed by atoms with E-state index in [1.54, 1.807) is 6.92 Å². The molecule has 0 unspecified atom stereocenters. The molecule has 0 heterocycles. The molecule has 0 spiro atoms. The van der Waals surface area contributed by atoms with Crippen LogP contribution in [-0.4, -0.2) is 38.8 Å². The summed E-state index contributed by atoms with van der Waals surface area (Å²) in [6.07, 6.45) is 0. The number of nitrogens with one attached hydrogen (secondary N) is 1. The molecule has 3 N–H and O–H groups in total. The van der Waals surface area contributed by atoms with Gasteiger partial charge in [0.2, 0.25) is 15.9 Å². The van der Waals surface area contributed by atoms with Crippen LogP contribution >= 0.6 is 0 Å². The fraction of sp³-hybridized carbons (Fsp3) is 0.364. The molecule has 0 aliphatic heterocycles.